The van der Waals surface area contributed by atoms with E-state index < -0.39 is 0 Å². The molecule has 1 saturated carbocycles. The summed E-state index contributed by atoms with van der Waals surface area (Å²) < 4.78 is 6.31. The van der Waals surface area contributed by atoms with Gasteiger partial charge in [-0.15, -0.1) is 0 Å². The van der Waals surface area contributed by atoms with Crippen molar-refractivity contribution < 1.29 is 9.21 Å². The van der Waals surface area contributed by atoms with Crippen LogP contribution in [-0.4, -0.2) is 22.4 Å². The molecule has 0 spiro atoms. The first-order valence-corrected chi connectivity index (χ1v) is 12.1. The molecule has 1 aliphatic rings. The van der Waals surface area contributed by atoms with E-state index in [9.17, 15) is 4.79 Å². The van der Waals surface area contributed by atoms with Crippen LogP contribution in [0.1, 0.15) is 39.5 Å². The Morgan fingerprint density at radius 2 is 1.74 bits per heavy atom. The molecule has 1 aliphatic carbocycles. The lowest BCUT2D eigenvalue weighted by atomic mass is 9.99. The van der Waals surface area contributed by atoms with Crippen molar-refractivity contribution >= 4 is 28.5 Å². The van der Waals surface area contributed by atoms with Gasteiger partial charge in [-0.2, -0.15) is 0 Å². The number of carbonyl (C=O) groups excluding carboxylic acids is 1. The van der Waals surface area contributed by atoms with Crippen molar-refractivity contribution in [3.8, 4) is 22.5 Å². The number of benzene rings is 2. The molecule has 1 fully saturated rings. The van der Waals surface area contributed by atoms with Crippen LogP contribution in [0.15, 0.2) is 65.3 Å². The number of nitrogens with one attached hydrogen (secondary N) is 2. The molecule has 6 heteroatoms. The molecule has 2 N–H and O–H groups in total. The van der Waals surface area contributed by atoms with E-state index in [2.05, 4.69) is 46.6 Å². The number of anilines is 2. The predicted octanol–water partition coefficient (Wildman–Crippen LogP) is 6.75. The van der Waals surface area contributed by atoms with Gasteiger partial charge in [-0.3, -0.25) is 4.79 Å². The van der Waals surface area contributed by atoms with E-state index in [0.29, 0.717) is 11.6 Å². The zero-order chi connectivity index (χ0) is 23.5. The van der Waals surface area contributed by atoms with Crippen LogP contribution in [0.3, 0.4) is 0 Å². The molecule has 0 unspecified atom stereocenters. The summed E-state index contributed by atoms with van der Waals surface area (Å²) in [7, 11) is 0. The monoisotopic (exact) mass is 454 g/mol. The third-order valence-electron chi connectivity index (χ3n) is 6.37. The maximum absolute atomic E-state index is 12.5. The summed E-state index contributed by atoms with van der Waals surface area (Å²) in [6, 6.07) is 18.0. The van der Waals surface area contributed by atoms with Crippen molar-refractivity contribution in [1.29, 1.82) is 0 Å². The highest BCUT2D eigenvalue weighted by Gasteiger charge is 2.24. The van der Waals surface area contributed by atoms with E-state index in [1.807, 2.05) is 42.5 Å². The second-order valence-corrected chi connectivity index (χ2v) is 9.40. The van der Waals surface area contributed by atoms with Crippen LogP contribution in [-0.2, 0) is 4.79 Å². The van der Waals surface area contributed by atoms with Crippen molar-refractivity contribution in [2.24, 2.45) is 11.8 Å². The third-order valence-corrected chi connectivity index (χ3v) is 6.37. The smallest absolute Gasteiger partial charge is 0.232 e. The van der Waals surface area contributed by atoms with Gasteiger partial charge in [-0.05, 0) is 48.6 Å². The Balaban J connectivity index is 1.54. The molecule has 1 amide bonds. The Labute approximate surface area is 199 Å². The van der Waals surface area contributed by atoms with Gasteiger partial charge in [0.2, 0.25) is 11.6 Å². The molecule has 0 bridgehead atoms. The molecule has 0 aliphatic heterocycles. The van der Waals surface area contributed by atoms with Crippen molar-refractivity contribution in [3.63, 3.8) is 0 Å². The molecule has 4 aromatic rings. The molecule has 2 aromatic carbocycles. The van der Waals surface area contributed by atoms with Crippen LogP contribution in [0, 0.1) is 11.8 Å². The molecular weight excluding hydrogens is 424 g/mol. The fourth-order valence-corrected chi connectivity index (χ4v) is 4.59. The highest BCUT2D eigenvalue weighted by Crippen LogP contribution is 2.42. The van der Waals surface area contributed by atoms with E-state index in [-0.39, 0.29) is 11.8 Å². The zero-order valence-electron chi connectivity index (χ0n) is 19.7. The van der Waals surface area contributed by atoms with Gasteiger partial charge < -0.3 is 15.1 Å². The Kier molecular flexibility index (Phi) is 6.30. The van der Waals surface area contributed by atoms with Gasteiger partial charge >= 0.3 is 0 Å². The van der Waals surface area contributed by atoms with Crippen LogP contribution in [0.5, 0.6) is 0 Å². The highest BCUT2D eigenvalue weighted by atomic mass is 16.3. The normalized spacial score (nSPS) is 14.1. The number of rotatable bonds is 7. The Morgan fingerprint density at radius 1 is 1.00 bits per heavy atom. The number of amides is 1. The third kappa shape index (κ3) is 4.53. The van der Waals surface area contributed by atoms with Gasteiger partial charge in [0.25, 0.3) is 0 Å². The Bertz CT molecular complexity index is 1270. The van der Waals surface area contributed by atoms with Gasteiger partial charge in [0.05, 0.1) is 5.39 Å². The number of nitrogens with zero attached hydrogens (tertiary/aromatic N) is 2. The van der Waals surface area contributed by atoms with E-state index in [0.717, 1.165) is 71.6 Å². The molecular formula is C28H30N4O2. The fourth-order valence-electron chi connectivity index (χ4n) is 4.59. The Hall–Kier alpha value is -3.67. The van der Waals surface area contributed by atoms with Gasteiger partial charge in [-0.1, -0.05) is 57.0 Å². The fraction of sp³-hybridized carbons (Fsp3) is 0.321. The van der Waals surface area contributed by atoms with Gasteiger partial charge in [-0.25, -0.2) is 9.97 Å². The highest BCUT2D eigenvalue weighted by molar-refractivity contribution is 6.06. The van der Waals surface area contributed by atoms with Crippen LogP contribution < -0.4 is 10.6 Å². The molecule has 2 heterocycles. The van der Waals surface area contributed by atoms with Gasteiger partial charge in [0.1, 0.15) is 17.9 Å². The van der Waals surface area contributed by atoms with Crippen molar-refractivity contribution in [3.05, 3.63) is 60.9 Å². The number of furan rings is 1. The lowest BCUT2D eigenvalue weighted by molar-refractivity contribution is -0.119. The molecule has 6 nitrogen and oxygen atoms in total. The number of hydrogen-bond donors (Lipinski definition) is 2. The molecule has 0 radical (unpaired) electrons. The molecule has 34 heavy (non-hydrogen) atoms. The summed E-state index contributed by atoms with van der Waals surface area (Å²) in [5.41, 5.74) is 4.28. The first-order chi connectivity index (χ1) is 16.6. The average molecular weight is 455 g/mol. The summed E-state index contributed by atoms with van der Waals surface area (Å²) in [4.78, 5) is 21.5. The predicted molar refractivity (Wildman–Crippen MR) is 137 cm³/mol. The standard InChI is InChI=1S/C28H30N4O2/c1-18(2)16-29-26-24-23(19-8-4-3-5-9-19)25(34-28(24)31-17-30-26)20-12-14-22(15-13-20)32-27(33)21-10-6-7-11-21/h3-5,8-9,12-15,17-18,21H,6-7,10-11,16H2,1-2H3,(H,32,33)(H,29,30,31). The minimum atomic E-state index is 0.120. The summed E-state index contributed by atoms with van der Waals surface area (Å²) in [5.74, 6) is 2.24. The van der Waals surface area contributed by atoms with Crippen LogP contribution in [0.25, 0.3) is 33.6 Å². The second-order valence-electron chi connectivity index (χ2n) is 9.40. The van der Waals surface area contributed by atoms with Crippen LogP contribution >= 0.6 is 0 Å². The van der Waals surface area contributed by atoms with Gasteiger partial charge in [0.15, 0.2) is 0 Å². The van der Waals surface area contributed by atoms with Crippen LogP contribution in [0.4, 0.5) is 11.5 Å². The lowest BCUT2D eigenvalue weighted by Crippen LogP contribution is -2.20. The zero-order valence-corrected chi connectivity index (χ0v) is 19.7. The number of hydrogen-bond acceptors (Lipinski definition) is 5. The lowest BCUT2D eigenvalue weighted by Gasteiger charge is -2.11. The van der Waals surface area contributed by atoms with Crippen molar-refractivity contribution in [2.45, 2.75) is 39.5 Å². The average Bonchev–Trinajstić information content (AvgIpc) is 3.52. The molecule has 2 aromatic heterocycles. The quantitative estimate of drug-likeness (QED) is 0.323. The number of aromatic nitrogens is 2. The summed E-state index contributed by atoms with van der Waals surface area (Å²) in [6.45, 7) is 5.13. The van der Waals surface area contributed by atoms with E-state index >= 15 is 0 Å². The maximum atomic E-state index is 12.5. The largest absolute Gasteiger partial charge is 0.437 e. The molecule has 5 rings (SSSR count). The van der Waals surface area contributed by atoms with Crippen molar-refractivity contribution in [1.82, 2.24) is 9.97 Å². The molecule has 0 saturated heterocycles. The van der Waals surface area contributed by atoms with Crippen molar-refractivity contribution in [2.75, 3.05) is 17.2 Å². The van der Waals surface area contributed by atoms with E-state index in [1.165, 1.54) is 6.33 Å². The SMILES string of the molecule is CC(C)CNc1ncnc2oc(-c3ccc(NC(=O)C4CCCC4)cc3)c(-c3ccccc3)c12. The summed E-state index contributed by atoms with van der Waals surface area (Å²) >= 11 is 0. The minimum absolute atomic E-state index is 0.120. The minimum Gasteiger partial charge on any atom is -0.437 e. The maximum Gasteiger partial charge on any atom is 0.232 e. The Morgan fingerprint density at radius 3 is 2.44 bits per heavy atom. The number of fused-ring (bicyclic) bond motifs is 1. The second kappa shape index (κ2) is 9.67. The first-order valence-electron chi connectivity index (χ1n) is 12.1. The number of carbonyl (C=O) groups is 1. The summed E-state index contributed by atoms with van der Waals surface area (Å²) in [5, 5.41) is 7.41. The summed E-state index contributed by atoms with van der Waals surface area (Å²) in [6.07, 6.45) is 5.79. The topological polar surface area (TPSA) is 80.1 Å². The molecule has 0 atom stereocenters. The van der Waals surface area contributed by atoms with Gasteiger partial charge in [0, 0.05) is 29.3 Å². The van der Waals surface area contributed by atoms with Crippen LogP contribution in [0.2, 0.25) is 0 Å². The van der Waals surface area contributed by atoms with E-state index in [1.54, 1.807) is 0 Å². The van der Waals surface area contributed by atoms with E-state index in [4.69, 9.17) is 4.42 Å². The molecule has 174 valence electrons. The first kappa shape index (κ1) is 22.1.